The van der Waals surface area contributed by atoms with Gasteiger partial charge in [0.1, 0.15) is 0 Å². The van der Waals surface area contributed by atoms with E-state index in [1.807, 2.05) is 55.8 Å². The quantitative estimate of drug-likeness (QED) is 0.883. The number of hydrogen-bond donors (Lipinski definition) is 2. The van der Waals surface area contributed by atoms with Gasteiger partial charge in [-0.05, 0) is 51.0 Å². The lowest BCUT2D eigenvalue weighted by atomic mass is 10.1. The maximum Gasteiger partial charge on any atom is 0.307 e. The van der Waals surface area contributed by atoms with Crippen LogP contribution >= 0.6 is 0 Å². The van der Waals surface area contributed by atoms with Crippen molar-refractivity contribution in [2.24, 2.45) is 11.8 Å². The van der Waals surface area contributed by atoms with Crippen LogP contribution in [0.2, 0.25) is 0 Å². The van der Waals surface area contributed by atoms with Crippen molar-refractivity contribution >= 4 is 11.9 Å². The normalized spacial score (nSPS) is 20.5. The number of aryl methyl sites for hydroxylation is 2. The molecule has 6 nitrogen and oxygen atoms in total. The van der Waals surface area contributed by atoms with Gasteiger partial charge in [-0.25, -0.2) is 4.68 Å². The molecule has 2 N–H and O–H groups in total. The number of nitrogens with zero attached hydrogens (tertiary/aromatic N) is 2. The van der Waals surface area contributed by atoms with Crippen molar-refractivity contribution < 1.29 is 14.7 Å². The van der Waals surface area contributed by atoms with E-state index in [1.54, 1.807) is 0 Å². The Morgan fingerprint density at radius 1 is 1.25 bits per heavy atom. The second-order valence-corrected chi connectivity index (χ2v) is 6.45. The molecule has 0 saturated heterocycles. The summed E-state index contributed by atoms with van der Waals surface area (Å²) in [4.78, 5) is 22.9. The molecule has 24 heavy (non-hydrogen) atoms. The zero-order chi connectivity index (χ0) is 17.4. The van der Waals surface area contributed by atoms with Gasteiger partial charge in [-0.2, -0.15) is 5.10 Å². The van der Waals surface area contributed by atoms with Crippen molar-refractivity contribution in [3.8, 4) is 5.69 Å². The summed E-state index contributed by atoms with van der Waals surface area (Å²) in [6.07, 6.45) is 0.435. The standard InChI is InChI=1S/C18H21N3O3/c1-10-8-11(2)21(20-10)14-6-4-13(5-7-14)12(3)19-17(22)15-9-16(15)18(23)24/h4-8,12,15-16H,9H2,1-3H3,(H,19,22)(H,23,24)/t12-,15+,16+/m0/s1. The molecule has 1 aromatic carbocycles. The van der Waals surface area contributed by atoms with E-state index >= 15 is 0 Å². The van der Waals surface area contributed by atoms with Crippen LogP contribution in [-0.4, -0.2) is 26.8 Å². The molecule has 1 aliphatic rings. The summed E-state index contributed by atoms with van der Waals surface area (Å²) in [5, 5.41) is 16.2. The van der Waals surface area contributed by atoms with Crippen molar-refractivity contribution in [3.63, 3.8) is 0 Å². The van der Waals surface area contributed by atoms with E-state index in [0.29, 0.717) is 6.42 Å². The van der Waals surface area contributed by atoms with Gasteiger partial charge in [-0.15, -0.1) is 0 Å². The minimum Gasteiger partial charge on any atom is -0.481 e. The number of hydrogen-bond acceptors (Lipinski definition) is 3. The van der Waals surface area contributed by atoms with Gasteiger partial charge in [-0.1, -0.05) is 12.1 Å². The van der Waals surface area contributed by atoms with E-state index in [2.05, 4.69) is 10.4 Å². The van der Waals surface area contributed by atoms with Gasteiger partial charge in [0.05, 0.1) is 29.3 Å². The SMILES string of the molecule is Cc1cc(C)n(-c2ccc([C@H](C)NC(=O)[C@@H]3C[C@H]3C(=O)O)cc2)n1. The Hall–Kier alpha value is -2.63. The molecule has 1 aliphatic carbocycles. The second kappa shape index (κ2) is 6.11. The Labute approximate surface area is 140 Å². The number of amides is 1. The molecule has 3 rings (SSSR count). The predicted octanol–water partition coefficient (Wildman–Crippen LogP) is 2.39. The van der Waals surface area contributed by atoms with Crippen molar-refractivity contribution in [2.75, 3.05) is 0 Å². The zero-order valence-corrected chi connectivity index (χ0v) is 14.0. The fourth-order valence-electron chi connectivity index (χ4n) is 2.96. The first kappa shape index (κ1) is 16.2. The van der Waals surface area contributed by atoms with Crippen molar-refractivity contribution in [1.29, 1.82) is 0 Å². The van der Waals surface area contributed by atoms with Gasteiger partial charge in [0.2, 0.25) is 5.91 Å². The number of benzene rings is 1. The Morgan fingerprint density at radius 2 is 1.92 bits per heavy atom. The second-order valence-electron chi connectivity index (χ2n) is 6.45. The maximum atomic E-state index is 12.1. The monoisotopic (exact) mass is 327 g/mol. The third-order valence-corrected chi connectivity index (χ3v) is 4.45. The first-order chi connectivity index (χ1) is 11.4. The number of carbonyl (C=O) groups excluding carboxylic acids is 1. The number of carbonyl (C=O) groups is 2. The van der Waals surface area contributed by atoms with Gasteiger partial charge in [0, 0.05) is 5.69 Å². The first-order valence-electron chi connectivity index (χ1n) is 8.03. The number of aromatic nitrogens is 2. The lowest BCUT2D eigenvalue weighted by Gasteiger charge is -2.15. The molecule has 0 aliphatic heterocycles. The van der Waals surface area contributed by atoms with Gasteiger partial charge in [0.15, 0.2) is 0 Å². The fourth-order valence-corrected chi connectivity index (χ4v) is 2.96. The molecule has 1 aromatic heterocycles. The lowest BCUT2D eigenvalue weighted by molar-refractivity contribution is -0.140. The molecular weight excluding hydrogens is 306 g/mol. The highest BCUT2D eigenvalue weighted by Crippen LogP contribution is 2.39. The third kappa shape index (κ3) is 3.18. The van der Waals surface area contributed by atoms with Crippen LogP contribution < -0.4 is 5.32 Å². The highest BCUT2D eigenvalue weighted by molar-refractivity contribution is 5.89. The number of carboxylic acid groups (broad SMARTS) is 1. The first-order valence-corrected chi connectivity index (χ1v) is 8.03. The van der Waals surface area contributed by atoms with Gasteiger partial charge in [0.25, 0.3) is 0 Å². The van der Waals surface area contributed by atoms with Crippen LogP contribution in [-0.2, 0) is 9.59 Å². The van der Waals surface area contributed by atoms with E-state index in [1.165, 1.54) is 0 Å². The summed E-state index contributed by atoms with van der Waals surface area (Å²) in [7, 11) is 0. The molecular formula is C18H21N3O3. The molecule has 0 spiro atoms. The lowest BCUT2D eigenvalue weighted by Crippen LogP contribution is -2.29. The van der Waals surface area contributed by atoms with Crippen LogP contribution in [0.4, 0.5) is 0 Å². The van der Waals surface area contributed by atoms with E-state index in [4.69, 9.17) is 5.11 Å². The minimum absolute atomic E-state index is 0.165. The molecule has 2 aromatic rings. The Bertz CT molecular complexity index is 779. The summed E-state index contributed by atoms with van der Waals surface area (Å²) in [6.45, 7) is 5.86. The van der Waals surface area contributed by atoms with Crippen molar-refractivity contribution in [1.82, 2.24) is 15.1 Å². The van der Waals surface area contributed by atoms with Gasteiger partial charge >= 0.3 is 5.97 Å². The number of rotatable bonds is 5. The molecule has 1 fully saturated rings. The summed E-state index contributed by atoms with van der Waals surface area (Å²) >= 11 is 0. The minimum atomic E-state index is -0.892. The molecule has 126 valence electrons. The van der Waals surface area contributed by atoms with Crippen LogP contribution in [0, 0.1) is 25.7 Å². The summed E-state index contributed by atoms with van der Waals surface area (Å²) in [5.74, 6) is -1.99. The molecule has 1 heterocycles. The number of carboxylic acids is 1. The van der Waals surface area contributed by atoms with Crippen molar-refractivity contribution in [3.05, 3.63) is 47.3 Å². The molecule has 1 amide bonds. The van der Waals surface area contributed by atoms with Crippen molar-refractivity contribution in [2.45, 2.75) is 33.2 Å². The third-order valence-electron chi connectivity index (χ3n) is 4.45. The Morgan fingerprint density at radius 3 is 2.42 bits per heavy atom. The van der Waals surface area contributed by atoms with Gasteiger partial charge < -0.3 is 10.4 Å². The highest BCUT2D eigenvalue weighted by atomic mass is 16.4. The molecule has 3 atom stereocenters. The van der Waals surface area contributed by atoms with E-state index in [-0.39, 0.29) is 17.9 Å². The Balaban J connectivity index is 1.66. The maximum absolute atomic E-state index is 12.1. The largest absolute Gasteiger partial charge is 0.481 e. The smallest absolute Gasteiger partial charge is 0.307 e. The van der Waals surface area contributed by atoms with Crippen LogP contribution in [0.3, 0.4) is 0 Å². The average molecular weight is 327 g/mol. The summed E-state index contributed by atoms with van der Waals surface area (Å²) in [6, 6.07) is 9.70. The molecule has 0 bridgehead atoms. The molecule has 0 radical (unpaired) electrons. The van der Waals surface area contributed by atoms with Crippen LogP contribution in [0.1, 0.15) is 36.3 Å². The summed E-state index contributed by atoms with van der Waals surface area (Å²) in [5.41, 5.74) is 3.97. The number of nitrogens with one attached hydrogen (secondary N) is 1. The van der Waals surface area contributed by atoms with Crippen LogP contribution in [0.5, 0.6) is 0 Å². The van der Waals surface area contributed by atoms with E-state index in [9.17, 15) is 9.59 Å². The van der Waals surface area contributed by atoms with E-state index in [0.717, 1.165) is 22.6 Å². The molecule has 1 saturated carbocycles. The van der Waals surface area contributed by atoms with Crippen LogP contribution in [0.15, 0.2) is 30.3 Å². The number of aliphatic carboxylic acids is 1. The Kier molecular flexibility index (Phi) is 4.13. The fraction of sp³-hybridized carbons (Fsp3) is 0.389. The topological polar surface area (TPSA) is 84.2 Å². The highest BCUT2D eigenvalue weighted by Gasteiger charge is 2.48. The molecule has 6 heteroatoms. The van der Waals surface area contributed by atoms with Gasteiger partial charge in [-0.3, -0.25) is 9.59 Å². The summed E-state index contributed by atoms with van der Waals surface area (Å²) < 4.78 is 1.88. The zero-order valence-electron chi connectivity index (χ0n) is 14.0. The van der Waals surface area contributed by atoms with E-state index < -0.39 is 11.9 Å². The molecule has 0 unspecified atom stereocenters. The predicted molar refractivity (Wildman–Crippen MR) is 88.8 cm³/mol. The van der Waals surface area contributed by atoms with Crippen LogP contribution in [0.25, 0.3) is 5.69 Å². The average Bonchev–Trinajstić information content (AvgIpc) is 3.27.